The van der Waals surface area contributed by atoms with Gasteiger partial charge in [0.2, 0.25) is 0 Å². The van der Waals surface area contributed by atoms with Crippen LogP contribution >= 0.6 is 22.9 Å². The predicted molar refractivity (Wildman–Crippen MR) is 87.2 cm³/mol. The number of non-ortho nitro benzene ring substituents is 1. The van der Waals surface area contributed by atoms with Gasteiger partial charge in [-0.05, 0) is 23.1 Å². The van der Waals surface area contributed by atoms with E-state index < -0.39 is 4.92 Å². The lowest BCUT2D eigenvalue weighted by Crippen LogP contribution is -2.32. The van der Waals surface area contributed by atoms with Crippen LogP contribution < -0.4 is 5.32 Å². The Bertz CT molecular complexity index is 627. The van der Waals surface area contributed by atoms with E-state index in [0.717, 1.165) is 12.1 Å². The number of nitro benzene ring substituents is 1. The van der Waals surface area contributed by atoms with Gasteiger partial charge in [-0.15, -0.1) is 11.3 Å². The zero-order valence-corrected chi connectivity index (χ0v) is 13.5. The van der Waals surface area contributed by atoms with Crippen molar-refractivity contribution in [2.75, 3.05) is 6.54 Å². The Kier molecular flexibility index (Phi) is 4.98. The summed E-state index contributed by atoms with van der Waals surface area (Å²) >= 11 is 7.82. The first kappa shape index (κ1) is 15.9. The van der Waals surface area contributed by atoms with Gasteiger partial charge in [-0.2, -0.15) is 0 Å². The van der Waals surface area contributed by atoms with Crippen LogP contribution in [0.25, 0.3) is 0 Å². The largest absolute Gasteiger partial charge is 0.312 e. The molecule has 1 N–H and O–H groups in total. The summed E-state index contributed by atoms with van der Waals surface area (Å²) in [6.07, 6.45) is 0. The van der Waals surface area contributed by atoms with Crippen molar-refractivity contribution in [3.05, 3.63) is 61.3 Å². The molecule has 1 aromatic heterocycles. The van der Waals surface area contributed by atoms with E-state index in [1.54, 1.807) is 17.4 Å². The highest BCUT2D eigenvalue weighted by Crippen LogP contribution is 2.27. The van der Waals surface area contributed by atoms with Gasteiger partial charge in [-0.3, -0.25) is 10.1 Å². The maximum absolute atomic E-state index is 10.8. The first-order valence-corrected chi connectivity index (χ1v) is 7.83. The number of thiophene rings is 1. The van der Waals surface area contributed by atoms with E-state index >= 15 is 0 Å². The molecular formula is C15H17ClN2O2S. The number of nitrogens with zero attached hydrogens (tertiary/aromatic N) is 1. The molecule has 1 heterocycles. The van der Waals surface area contributed by atoms with Crippen molar-refractivity contribution in [2.24, 2.45) is 0 Å². The fraction of sp³-hybridized carbons (Fsp3) is 0.333. The monoisotopic (exact) mass is 324 g/mol. The summed E-state index contributed by atoms with van der Waals surface area (Å²) < 4.78 is 0. The van der Waals surface area contributed by atoms with Crippen LogP contribution in [0.2, 0.25) is 5.02 Å². The number of halogens is 1. The van der Waals surface area contributed by atoms with Gasteiger partial charge in [0.05, 0.1) is 4.92 Å². The Hall–Kier alpha value is -1.43. The number of hydrogen-bond donors (Lipinski definition) is 1. The lowest BCUT2D eigenvalue weighted by molar-refractivity contribution is -0.384. The second-order valence-electron chi connectivity index (χ2n) is 5.50. The van der Waals surface area contributed by atoms with Gasteiger partial charge >= 0.3 is 0 Å². The van der Waals surface area contributed by atoms with Crippen molar-refractivity contribution in [1.29, 1.82) is 0 Å². The molecule has 2 rings (SSSR count). The quantitative estimate of drug-likeness (QED) is 0.633. The van der Waals surface area contributed by atoms with Crippen LogP contribution in [0.3, 0.4) is 0 Å². The summed E-state index contributed by atoms with van der Waals surface area (Å²) in [5.74, 6) is 0. The molecule has 0 spiro atoms. The van der Waals surface area contributed by atoms with E-state index in [-0.39, 0.29) is 11.1 Å². The molecule has 0 unspecified atom stereocenters. The SMILES string of the molecule is CC(C)(CNCc1cc([N+](=O)[O-])ccc1Cl)c1cccs1. The maximum atomic E-state index is 10.8. The molecule has 0 amide bonds. The lowest BCUT2D eigenvalue weighted by atomic mass is 9.91. The molecule has 0 aliphatic carbocycles. The molecule has 0 saturated heterocycles. The van der Waals surface area contributed by atoms with Crippen LogP contribution in [0.5, 0.6) is 0 Å². The summed E-state index contributed by atoms with van der Waals surface area (Å²) in [4.78, 5) is 11.7. The third-order valence-corrected chi connectivity index (χ3v) is 4.92. The highest BCUT2D eigenvalue weighted by Gasteiger charge is 2.21. The summed E-state index contributed by atoms with van der Waals surface area (Å²) in [5, 5.41) is 16.7. The Morgan fingerprint density at radius 1 is 1.38 bits per heavy atom. The molecule has 21 heavy (non-hydrogen) atoms. The third kappa shape index (κ3) is 4.03. The average Bonchev–Trinajstić information content (AvgIpc) is 2.95. The van der Waals surface area contributed by atoms with Crippen LogP contribution in [0.15, 0.2) is 35.7 Å². The second-order valence-corrected chi connectivity index (χ2v) is 6.85. The fourth-order valence-corrected chi connectivity index (χ4v) is 3.11. The fourth-order valence-electron chi connectivity index (χ4n) is 2.07. The van der Waals surface area contributed by atoms with Gasteiger partial charge in [-0.25, -0.2) is 0 Å². The molecule has 112 valence electrons. The molecule has 0 aliphatic heterocycles. The first-order valence-electron chi connectivity index (χ1n) is 6.58. The minimum atomic E-state index is -0.407. The van der Waals surface area contributed by atoms with Crippen molar-refractivity contribution in [2.45, 2.75) is 25.8 Å². The Morgan fingerprint density at radius 3 is 2.76 bits per heavy atom. The number of hydrogen-bond acceptors (Lipinski definition) is 4. The summed E-state index contributed by atoms with van der Waals surface area (Å²) in [5.41, 5.74) is 0.822. The highest BCUT2D eigenvalue weighted by molar-refractivity contribution is 7.10. The molecule has 2 aromatic rings. The number of nitrogens with one attached hydrogen (secondary N) is 1. The zero-order chi connectivity index (χ0) is 15.5. The van der Waals surface area contributed by atoms with Crippen LogP contribution in [0.4, 0.5) is 5.69 Å². The van der Waals surface area contributed by atoms with Crippen molar-refractivity contribution in [3.8, 4) is 0 Å². The minimum absolute atomic E-state index is 0.0152. The molecule has 0 bridgehead atoms. The third-order valence-electron chi connectivity index (χ3n) is 3.31. The van der Waals surface area contributed by atoms with Gasteiger partial charge in [-0.1, -0.05) is 31.5 Å². The maximum Gasteiger partial charge on any atom is 0.269 e. The molecule has 1 aromatic carbocycles. The normalized spacial score (nSPS) is 11.6. The van der Waals surface area contributed by atoms with Crippen molar-refractivity contribution < 1.29 is 4.92 Å². The molecule has 0 aliphatic rings. The van der Waals surface area contributed by atoms with Gasteiger partial charge in [0.25, 0.3) is 5.69 Å². The van der Waals surface area contributed by atoms with E-state index in [9.17, 15) is 10.1 Å². The van der Waals surface area contributed by atoms with E-state index in [2.05, 4.69) is 30.6 Å². The van der Waals surface area contributed by atoms with Crippen molar-refractivity contribution in [1.82, 2.24) is 5.32 Å². The summed E-state index contributed by atoms with van der Waals surface area (Å²) in [6.45, 7) is 5.61. The van der Waals surface area contributed by atoms with E-state index in [1.165, 1.54) is 17.0 Å². The zero-order valence-electron chi connectivity index (χ0n) is 11.9. The molecule has 4 nitrogen and oxygen atoms in total. The highest BCUT2D eigenvalue weighted by atomic mass is 35.5. The minimum Gasteiger partial charge on any atom is -0.312 e. The van der Waals surface area contributed by atoms with Crippen molar-refractivity contribution >= 4 is 28.6 Å². The molecular weight excluding hydrogens is 308 g/mol. The first-order chi connectivity index (χ1) is 9.90. The molecule has 6 heteroatoms. The molecule has 0 saturated carbocycles. The van der Waals surface area contributed by atoms with Gasteiger partial charge < -0.3 is 5.32 Å². The van der Waals surface area contributed by atoms with Crippen LogP contribution in [-0.2, 0) is 12.0 Å². The standard InChI is InChI=1S/C15H17ClN2O2S/c1-15(2,14-4-3-7-21-14)10-17-9-11-8-12(18(19)20)5-6-13(11)16/h3-8,17H,9-10H2,1-2H3. The smallest absolute Gasteiger partial charge is 0.269 e. The summed E-state index contributed by atoms with van der Waals surface area (Å²) in [6, 6.07) is 8.67. The number of benzene rings is 1. The molecule has 0 radical (unpaired) electrons. The Morgan fingerprint density at radius 2 is 2.14 bits per heavy atom. The number of nitro groups is 1. The average molecular weight is 325 g/mol. The van der Waals surface area contributed by atoms with Gasteiger partial charge in [0, 0.05) is 40.5 Å². The summed E-state index contributed by atoms with van der Waals surface area (Å²) in [7, 11) is 0. The van der Waals surface area contributed by atoms with Crippen LogP contribution in [-0.4, -0.2) is 11.5 Å². The molecule has 0 atom stereocenters. The van der Waals surface area contributed by atoms with E-state index in [4.69, 9.17) is 11.6 Å². The predicted octanol–water partition coefficient (Wildman–Crippen LogP) is 4.38. The van der Waals surface area contributed by atoms with E-state index in [1.807, 2.05) is 6.07 Å². The Balaban J connectivity index is 2.00. The van der Waals surface area contributed by atoms with Gasteiger partial charge in [0.15, 0.2) is 0 Å². The Labute approximate surface area is 132 Å². The van der Waals surface area contributed by atoms with Crippen molar-refractivity contribution in [3.63, 3.8) is 0 Å². The second kappa shape index (κ2) is 6.56. The van der Waals surface area contributed by atoms with Crippen LogP contribution in [0.1, 0.15) is 24.3 Å². The topological polar surface area (TPSA) is 55.2 Å². The number of rotatable bonds is 6. The van der Waals surface area contributed by atoms with E-state index in [0.29, 0.717) is 11.6 Å². The molecule has 0 fully saturated rings. The lowest BCUT2D eigenvalue weighted by Gasteiger charge is -2.24. The van der Waals surface area contributed by atoms with Crippen LogP contribution in [0, 0.1) is 10.1 Å². The van der Waals surface area contributed by atoms with Gasteiger partial charge in [0.1, 0.15) is 0 Å².